The van der Waals surface area contributed by atoms with Crippen molar-refractivity contribution in [2.75, 3.05) is 26.7 Å². The highest BCUT2D eigenvalue weighted by molar-refractivity contribution is 4.85. The molecule has 2 nitrogen and oxygen atoms in total. The van der Waals surface area contributed by atoms with E-state index in [1.54, 1.807) is 0 Å². The summed E-state index contributed by atoms with van der Waals surface area (Å²) in [5.74, 6) is 1.77. The molecule has 0 amide bonds. The van der Waals surface area contributed by atoms with Crippen LogP contribution in [0.15, 0.2) is 0 Å². The minimum absolute atomic E-state index is 0.515. The molecule has 138 valence electrons. The van der Waals surface area contributed by atoms with Gasteiger partial charge in [-0.1, -0.05) is 27.2 Å². The van der Waals surface area contributed by atoms with Gasteiger partial charge < -0.3 is 9.80 Å². The van der Waals surface area contributed by atoms with Crippen LogP contribution in [0.5, 0.6) is 0 Å². The zero-order chi connectivity index (χ0) is 17.6. The number of hydrogen-bond donors (Lipinski definition) is 0. The van der Waals surface area contributed by atoms with Gasteiger partial charge >= 0.3 is 0 Å². The van der Waals surface area contributed by atoms with E-state index in [0.717, 1.165) is 17.9 Å². The van der Waals surface area contributed by atoms with Crippen LogP contribution in [0.1, 0.15) is 80.6 Å². The van der Waals surface area contributed by atoms with E-state index in [1.165, 1.54) is 51.7 Å². The van der Waals surface area contributed by atoms with Crippen LogP contribution >= 0.6 is 0 Å². The topological polar surface area (TPSA) is 6.48 Å². The molecule has 23 heavy (non-hydrogen) atoms. The van der Waals surface area contributed by atoms with Gasteiger partial charge in [0.1, 0.15) is 0 Å². The van der Waals surface area contributed by atoms with Crippen LogP contribution in [-0.4, -0.2) is 48.6 Å². The normalized spacial score (nSPS) is 20.0. The van der Waals surface area contributed by atoms with Crippen LogP contribution in [0.4, 0.5) is 0 Å². The number of hydrogen-bond acceptors (Lipinski definition) is 2. The smallest absolute Gasteiger partial charge is 0.00385 e. The third-order valence-corrected chi connectivity index (χ3v) is 6.50. The molecule has 1 unspecified atom stereocenters. The molecule has 1 fully saturated rings. The third kappa shape index (κ3) is 7.13. The minimum Gasteiger partial charge on any atom is -0.304 e. The van der Waals surface area contributed by atoms with Crippen molar-refractivity contribution in [2.45, 2.75) is 92.7 Å². The molecule has 0 aromatic heterocycles. The molecule has 0 N–H and O–H groups in total. The van der Waals surface area contributed by atoms with E-state index in [9.17, 15) is 0 Å². The van der Waals surface area contributed by atoms with E-state index in [0.29, 0.717) is 11.5 Å². The number of likely N-dealkylation sites (tertiary alicyclic amines) is 1. The summed E-state index contributed by atoms with van der Waals surface area (Å²) >= 11 is 0. The molecule has 0 spiro atoms. The Labute approximate surface area is 147 Å². The summed E-state index contributed by atoms with van der Waals surface area (Å²) in [5, 5.41) is 0. The average Bonchev–Trinajstić information content (AvgIpc) is 2.50. The fourth-order valence-corrected chi connectivity index (χ4v) is 3.85. The van der Waals surface area contributed by atoms with Crippen LogP contribution in [0.25, 0.3) is 0 Å². The Balaban J connectivity index is 2.32. The van der Waals surface area contributed by atoms with E-state index in [2.05, 4.69) is 65.3 Å². The van der Waals surface area contributed by atoms with E-state index in [1.807, 2.05) is 0 Å². The molecular formula is C21H44N2. The number of nitrogens with zero attached hydrogens (tertiary/aromatic N) is 2. The molecule has 1 aliphatic heterocycles. The summed E-state index contributed by atoms with van der Waals surface area (Å²) in [6, 6.07) is 1.39. The van der Waals surface area contributed by atoms with Gasteiger partial charge in [0.05, 0.1) is 0 Å². The Bertz CT molecular complexity index is 314. The fraction of sp³-hybridized carbons (Fsp3) is 1.00. The molecular weight excluding hydrogens is 280 g/mol. The molecule has 2 heteroatoms. The van der Waals surface area contributed by atoms with E-state index in [-0.39, 0.29) is 0 Å². The van der Waals surface area contributed by atoms with Crippen molar-refractivity contribution in [1.82, 2.24) is 9.80 Å². The molecule has 1 atom stereocenters. The van der Waals surface area contributed by atoms with Crippen molar-refractivity contribution in [3.05, 3.63) is 0 Å². The zero-order valence-corrected chi connectivity index (χ0v) is 17.4. The lowest BCUT2D eigenvalue weighted by atomic mass is 9.70. The third-order valence-electron chi connectivity index (χ3n) is 6.50. The highest BCUT2D eigenvalue weighted by Crippen LogP contribution is 2.40. The Hall–Kier alpha value is -0.0800. The molecule has 1 aliphatic rings. The monoisotopic (exact) mass is 324 g/mol. The predicted octanol–water partition coefficient (Wildman–Crippen LogP) is 5.28. The van der Waals surface area contributed by atoms with E-state index in [4.69, 9.17) is 0 Å². The summed E-state index contributed by atoms with van der Waals surface area (Å²) in [5.41, 5.74) is 0.515. The summed E-state index contributed by atoms with van der Waals surface area (Å²) in [4.78, 5) is 5.13. The second kappa shape index (κ2) is 9.42. The van der Waals surface area contributed by atoms with Crippen LogP contribution in [0.2, 0.25) is 0 Å². The lowest BCUT2D eigenvalue weighted by molar-refractivity contribution is 0.0734. The van der Waals surface area contributed by atoms with Crippen molar-refractivity contribution < 1.29 is 0 Å². The molecule has 0 bridgehead atoms. The summed E-state index contributed by atoms with van der Waals surface area (Å²) in [6.07, 6.45) is 6.93. The van der Waals surface area contributed by atoms with Gasteiger partial charge in [0, 0.05) is 12.1 Å². The molecule has 0 aromatic carbocycles. The van der Waals surface area contributed by atoms with Crippen LogP contribution < -0.4 is 0 Å². The van der Waals surface area contributed by atoms with Gasteiger partial charge in [-0.3, -0.25) is 0 Å². The first-order valence-corrected chi connectivity index (χ1v) is 10.1. The van der Waals surface area contributed by atoms with Gasteiger partial charge in [-0.2, -0.15) is 0 Å². The van der Waals surface area contributed by atoms with Crippen LogP contribution in [0.3, 0.4) is 0 Å². The second-order valence-electron chi connectivity index (χ2n) is 9.40. The van der Waals surface area contributed by atoms with Gasteiger partial charge in [-0.25, -0.2) is 0 Å². The molecule has 1 saturated heterocycles. The first-order chi connectivity index (χ1) is 10.6. The van der Waals surface area contributed by atoms with Crippen molar-refractivity contribution in [2.24, 2.45) is 17.3 Å². The molecule has 0 aliphatic carbocycles. The Morgan fingerprint density at radius 3 is 2.04 bits per heavy atom. The van der Waals surface area contributed by atoms with Crippen LogP contribution in [-0.2, 0) is 0 Å². The second-order valence-corrected chi connectivity index (χ2v) is 9.40. The molecule has 1 rings (SSSR count). The Morgan fingerprint density at radius 2 is 1.57 bits per heavy atom. The highest BCUT2D eigenvalue weighted by atomic mass is 15.1. The quantitative estimate of drug-likeness (QED) is 0.569. The summed E-state index contributed by atoms with van der Waals surface area (Å²) < 4.78 is 0. The molecule has 0 saturated carbocycles. The first kappa shape index (κ1) is 21.0. The fourth-order valence-electron chi connectivity index (χ4n) is 3.85. The number of rotatable bonds is 9. The van der Waals surface area contributed by atoms with E-state index >= 15 is 0 Å². The maximum Gasteiger partial charge on any atom is 0.00385 e. The van der Waals surface area contributed by atoms with Gasteiger partial charge in [0.15, 0.2) is 0 Å². The average molecular weight is 325 g/mol. The van der Waals surface area contributed by atoms with Gasteiger partial charge in [-0.15, -0.1) is 0 Å². The Kier molecular flexibility index (Phi) is 8.58. The standard InChI is InChI=1S/C21H44N2/c1-17(2)22(8)14-10-19(5)9-13-21(6,7)20-11-15-23(16-12-20)18(3)4/h17-20H,9-16H2,1-8H3. The number of piperidine rings is 1. The largest absolute Gasteiger partial charge is 0.304 e. The van der Waals surface area contributed by atoms with Gasteiger partial charge in [0.25, 0.3) is 0 Å². The highest BCUT2D eigenvalue weighted by Gasteiger charge is 2.32. The maximum absolute atomic E-state index is 2.65. The summed E-state index contributed by atoms with van der Waals surface area (Å²) in [6.45, 7) is 20.6. The van der Waals surface area contributed by atoms with Gasteiger partial charge in [0.2, 0.25) is 0 Å². The summed E-state index contributed by atoms with van der Waals surface area (Å²) in [7, 11) is 2.25. The van der Waals surface area contributed by atoms with Crippen molar-refractivity contribution >= 4 is 0 Å². The lowest BCUT2D eigenvalue weighted by Crippen LogP contribution is -2.42. The predicted molar refractivity (Wildman–Crippen MR) is 104 cm³/mol. The first-order valence-electron chi connectivity index (χ1n) is 10.1. The zero-order valence-electron chi connectivity index (χ0n) is 17.4. The lowest BCUT2D eigenvalue weighted by Gasteiger charge is -2.42. The maximum atomic E-state index is 2.65. The van der Waals surface area contributed by atoms with Crippen molar-refractivity contribution in [1.29, 1.82) is 0 Å². The Morgan fingerprint density at radius 1 is 1.00 bits per heavy atom. The minimum atomic E-state index is 0.515. The molecule has 1 heterocycles. The van der Waals surface area contributed by atoms with Crippen LogP contribution in [0, 0.1) is 17.3 Å². The van der Waals surface area contributed by atoms with Crippen molar-refractivity contribution in [3.63, 3.8) is 0 Å². The van der Waals surface area contributed by atoms with E-state index < -0.39 is 0 Å². The molecule has 0 aromatic rings. The molecule has 0 radical (unpaired) electrons. The SMILES string of the molecule is CC(CCN(C)C(C)C)CCC(C)(C)C1CCN(C(C)C)CC1. The van der Waals surface area contributed by atoms with Gasteiger partial charge in [-0.05, 0) is 97.3 Å². The van der Waals surface area contributed by atoms with Crippen molar-refractivity contribution in [3.8, 4) is 0 Å².